The Morgan fingerprint density at radius 3 is 2.75 bits per heavy atom. The molecule has 0 radical (unpaired) electrons. The van der Waals surface area contributed by atoms with Gasteiger partial charge in [-0.3, -0.25) is 9.48 Å². The lowest BCUT2D eigenvalue weighted by atomic mass is 10.0. The summed E-state index contributed by atoms with van der Waals surface area (Å²) in [5.41, 5.74) is 2.95. The van der Waals surface area contributed by atoms with Gasteiger partial charge in [0.2, 0.25) is 5.91 Å². The number of aryl methyl sites for hydroxylation is 2. The fourth-order valence-corrected chi connectivity index (χ4v) is 2.84. The molecule has 1 saturated heterocycles. The third-order valence-corrected chi connectivity index (χ3v) is 4.31. The Labute approximate surface area is 119 Å². The predicted molar refractivity (Wildman–Crippen MR) is 78.1 cm³/mol. The molecule has 0 saturated carbocycles. The molecule has 2 unspecified atom stereocenters. The molecule has 2 atom stereocenters. The number of aromatic nitrogens is 2. The van der Waals surface area contributed by atoms with Gasteiger partial charge in [-0.15, -0.1) is 0 Å². The van der Waals surface area contributed by atoms with Crippen molar-refractivity contribution in [1.82, 2.24) is 14.7 Å². The highest BCUT2D eigenvalue weighted by Crippen LogP contribution is 2.24. The minimum absolute atomic E-state index is 0.0314. The molecule has 2 rings (SSSR count). The maximum Gasteiger partial charge on any atom is 0.246 e. The average Bonchev–Trinajstić information content (AvgIpc) is 2.89. The van der Waals surface area contributed by atoms with Gasteiger partial charge in [0.05, 0.1) is 18.3 Å². The van der Waals surface area contributed by atoms with Crippen molar-refractivity contribution >= 4 is 12.0 Å². The quantitative estimate of drug-likeness (QED) is 0.847. The van der Waals surface area contributed by atoms with E-state index in [1.54, 1.807) is 11.0 Å². The normalized spacial score (nSPS) is 22.9. The molecular weight excluding hydrogens is 254 g/mol. The van der Waals surface area contributed by atoms with E-state index in [4.69, 9.17) is 0 Å². The number of hydrogen-bond acceptors (Lipinski definition) is 3. The highest BCUT2D eigenvalue weighted by Gasteiger charge is 2.32. The second-order valence-corrected chi connectivity index (χ2v) is 5.59. The zero-order valence-electron chi connectivity index (χ0n) is 12.6. The second kappa shape index (κ2) is 5.79. The second-order valence-electron chi connectivity index (χ2n) is 5.59. The van der Waals surface area contributed by atoms with Gasteiger partial charge in [-0.1, -0.05) is 6.92 Å². The van der Waals surface area contributed by atoms with Crippen LogP contribution in [0.4, 0.5) is 0 Å². The molecule has 1 aromatic heterocycles. The first-order valence-corrected chi connectivity index (χ1v) is 7.05. The molecule has 0 spiro atoms. The smallest absolute Gasteiger partial charge is 0.246 e. The summed E-state index contributed by atoms with van der Waals surface area (Å²) in [6.07, 6.45) is 4.38. The first-order chi connectivity index (χ1) is 9.45. The van der Waals surface area contributed by atoms with Crippen LogP contribution in [-0.2, 0) is 11.8 Å². The molecule has 1 amide bonds. The van der Waals surface area contributed by atoms with E-state index in [1.807, 2.05) is 31.7 Å². The number of hydrogen-bond donors (Lipinski definition) is 1. The highest BCUT2D eigenvalue weighted by atomic mass is 16.3. The minimum atomic E-state index is -0.0526. The van der Waals surface area contributed by atoms with E-state index in [2.05, 4.69) is 12.0 Å². The Balaban J connectivity index is 2.13. The summed E-state index contributed by atoms with van der Waals surface area (Å²) in [6, 6.07) is -0.0526. The third-order valence-electron chi connectivity index (χ3n) is 4.31. The molecule has 1 aromatic rings. The van der Waals surface area contributed by atoms with Crippen molar-refractivity contribution < 1.29 is 9.90 Å². The number of amides is 1. The Morgan fingerprint density at radius 1 is 1.50 bits per heavy atom. The summed E-state index contributed by atoms with van der Waals surface area (Å²) in [5.74, 6) is 0.329. The Hall–Kier alpha value is -1.62. The molecule has 5 nitrogen and oxygen atoms in total. The molecule has 5 heteroatoms. The number of likely N-dealkylation sites (tertiary alicyclic amines) is 1. The number of carbonyl (C=O) groups excluding carboxylic acids is 1. The molecule has 2 heterocycles. The lowest BCUT2D eigenvalue weighted by Gasteiger charge is -2.23. The van der Waals surface area contributed by atoms with Gasteiger partial charge in [-0.05, 0) is 32.3 Å². The number of nitrogens with zero attached hydrogens (tertiary/aromatic N) is 3. The fourth-order valence-electron chi connectivity index (χ4n) is 2.84. The maximum absolute atomic E-state index is 12.3. The largest absolute Gasteiger partial charge is 0.394 e. The number of carbonyl (C=O) groups is 1. The highest BCUT2D eigenvalue weighted by molar-refractivity contribution is 5.92. The fraction of sp³-hybridized carbons (Fsp3) is 0.600. The maximum atomic E-state index is 12.3. The van der Waals surface area contributed by atoms with E-state index < -0.39 is 0 Å². The summed E-state index contributed by atoms with van der Waals surface area (Å²) in [6.45, 7) is 6.75. The minimum Gasteiger partial charge on any atom is -0.394 e. The van der Waals surface area contributed by atoms with Gasteiger partial charge in [0.25, 0.3) is 0 Å². The SMILES string of the molecule is Cc1nn(C)c(C)c1/C=C/C(=O)N1CCC(C)C1CO. The summed E-state index contributed by atoms with van der Waals surface area (Å²) in [4.78, 5) is 14.0. The van der Waals surface area contributed by atoms with Crippen LogP contribution in [0, 0.1) is 19.8 Å². The van der Waals surface area contributed by atoms with Crippen molar-refractivity contribution in [2.75, 3.05) is 13.2 Å². The molecule has 110 valence electrons. The molecule has 1 aliphatic rings. The lowest BCUT2D eigenvalue weighted by molar-refractivity contribution is -0.127. The molecule has 1 aliphatic heterocycles. The van der Waals surface area contributed by atoms with Crippen LogP contribution in [0.15, 0.2) is 6.08 Å². The van der Waals surface area contributed by atoms with Crippen LogP contribution in [-0.4, -0.2) is 44.9 Å². The van der Waals surface area contributed by atoms with Crippen molar-refractivity contribution in [2.45, 2.75) is 33.2 Å². The molecule has 0 bridgehead atoms. The van der Waals surface area contributed by atoms with E-state index in [9.17, 15) is 9.90 Å². The van der Waals surface area contributed by atoms with Gasteiger partial charge in [0.15, 0.2) is 0 Å². The van der Waals surface area contributed by atoms with E-state index in [-0.39, 0.29) is 18.6 Å². The molecule has 1 fully saturated rings. The third kappa shape index (κ3) is 2.63. The number of rotatable bonds is 3. The standard InChI is InChI=1S/C15H23N3O2/c1-10-7-8-18(14(10)9-19)15(20)6-5-13-11(2)16-17(4)12(13)3/h5-6,10,14,19H,7-9H2,1-4H3/b6-5+. The Bertz CT molecular complexity index is 533. The number of aliphatic hydroxyl groups is 1. The van der Waals surface area contributed by atoms with Crippen molar-refractivity contribution in [2.24, 2.45) is 13.0 Å². The van der Waals surface area contributed by atoms with Gasteiger partial charge in [-0.25, -0.2) is 0 Å². The first-order valence-electron chi connectivity index (χ1n) is 7.05. The first kappa shape index (κ1) is 14.8. The molecule has 0 aromatic carbocycles. The van der Waals surface area contributed by atoms with Crippen molar-refractivity contribution in [3.05, 3.63) is 23.0 Å². The lowest BCUT2D eigenvalue weighted by Crippen LogP contribution is -2.38. The zero-order valence-corrected chi connectivity index (χ0v) is 12.6. The van der Waals surface area contributed by atoms with Crippen LogP contribution >= 0.6 is 0 Å². The van der Waals surface area contributed by atoms with Crippen LogP contribution in [0.1, 0.15) is 30.3 Å². The summed E-state index contributed by atoms with van der Waals surface area (Å²) < 4.78 is 1.81. The molecule has 0 aliphatic carbocycles. The van der Waals surface area contributed by atoms with Crippen LogP contribution in [0.3, 0.4) is 0 Å². The van der Waals surface area contributed by atoms with E-state index in [1.165, 1.54) is 0 Å². The predicted octanol–water partition coefficient (Wildman–Crippen LogP) is 1.28. The van der Waals surface area contributed by atoms with Crippen molar-refractivity contribution in [3.8, 4) is 0 Å². The van der Waals surface area contributed by atoms with Crippen LogP contribution in [0.2, 0.25) is 0 Å². The monoisotopic (exact) mass is 277 g/mol. The zero-order chi connectivity index (χ0) is 14.9. The average molecular weight is 277 g/mol. The Morgan fingerprint density at radius 2 is 2.20 bits per heavy atom. The van der Waals surface area contributed by atoms with Gasteiger partial charge in [0, 0.05) is 30.9 Å². The van der Waals surface area contributed by atoms with E-state index in [0.717, 1.165) is 29.9 Å². The summed E-state index contributed by atoms with van der Waals surface area (Å²) in [5, 5.41) is 13.7. The summed E-state index contributed by atoms with van der Waals surface area (Å²) >= 11 is 0. The van der Waals surface area contributed by atoms with Crippen LogP contribution in [0.25, 0.3) is 6.08 Å². The van der Waals surface area contributed by atoms with Crippen LogP contribution < -0.4 is 0 Å². The molecule has 1 N–H and O–H groups in total. The summed E-state index contributed by atoms with van der Waals surface area (Å²) in [7, 11) is 1.89. The van der Waals surface area contributed by atoms with E-state index in [0.29, 0.717) is 5.92 Å². The number of aliphatic hydroxyl groups excluding tert-OH is 1. The van der Waals surface area contributed by atoms with Gasteiger partial charge in [0.1, 0.15) is 0 Å². The van der Waals surface area contributed by atoms with Gasteiger partial charge in [-0.2, -0.15) is 5.10 Å². The van der Waals surface area contributed by atoms with E-state index >= 15 is 0 Å². The van der Waals surface area contributed by atoms with Crippen LogP contribution in [0.5, 0.6) is 0 Å². The molecular formula is C15H23N3O2. The van der Waals surface area contributed by atoms with Crippen molar-refractivity contribution in [1.29, 1.82) is 0 Å². The Kier molecular flexibility index (Phi) is 4.28. The van der Waals surface area contributed by atoms with Crippen molar-refractivity contribution in [3.63, 3.8) is 0 Å². The van der Waals surface area contributed by atoms with Gasteiger partial charge < -0.3 is 10.0 Å². The molecule has 20 heavy (non-hydrogen) atoms. The van der Waals surface area contributed by atoms with Gasteiger partial charge >= 0.3 is 0 Å². The topological polar surface area (TPSA) is 58.4 Å².